The quantitative estimate of drug-likeness (QED) is 0.562. The third-order valence-corrected chi connectivity index (χ3v) is 1.46. The molecular weight excluding hydrogens is 114 g/mol. The number of Topliss-reactive ketones (excluding diaryl/α,β-unsaturated/α-hetero) is 1. The Kier molecular flexibility index (Phi) is 1.56. The van der Waals surface area contributed by atoms with Crippen LogP contribution in [0.25, 0.3) is 0 Å². The molecule has 1 N–H and O–H groups in total. The van der Waals surface area contributed by atoms with Crippen LogP contribution in [-0.4, -0.2) is 11.8 Å². The SMILES string of the molecule is CC(=O)C1=CCC(C)N1. The van der Waals surface area contributed by atoms with E-state index in [-0.39, 0.29) is 5.78 Å². The van der Waals surface area contributed by atoms with Crippen molar-refractivity contribution in [2.24, 2.45) is 0 Å². The molecule has 1 rings (SSSR count). The summed E-state index contributed by atoms with van der Waals surface area (Å²) in [6, 6.07) is 0.448. The van der Waals surface area contributed by atoms with Gasteiger partial charge in [-0.05, 0) is 13.3 Å². The average molecular weight is 125 g/mol. The molecule has 0 aromatic rings. The van der Waals surface area contributed by atoms with Crippen LogP contribution in [0.1, 0.15) is 20.3 Å². The van der Waals surface area contributed by atoms with Gasteiger partial charge in [0, 0.05) is 13.0 Å². The highest BCUT2D eigenvalue weighted by Gasteiger charge is 2.12. The van der Waals surface area contributed by atoms with Crippen molar-refractivity contribution in [1.29, 1.82) is 0 Å². The first-order chi connectivity index (χ1) is 4.20. The highest BCUT2D eigenvalue weighted by Crippen LogP contribution is 2.07. The van der Waals surface area contributed by atoms with E-state index >= 15 is 0 Å². The zero-order chi connectivity index (χ0) is 6.85. The molecule has 1 aliphatic rings. The summed E-state index contributed by atoms with van der Waals surface area (Å²) in [5.74, 6) is 0.138. The van der Waals surface area contributed by atoms with E-state index in [0.29, 0.717) is 6.04 Å². The van der Waals surface area contributed by atoms with Crippen molar-refractivity contribution in [2.75, 3.05) is 0 Å². The fourth-order valence-corrected chi connectivity index (χ4v) is 0.923. The maximum absolute atomic E-state index is 10.7. The molecule has 50 valence electrons. The van der Waals surface area contributed by atoms with Crippen LogP contribution < -0.4 is 5.32 Å². The summed E-state index contributed by atoms with van der Waals surface area (Å²) in [7, 11) is 0. The second kappa shape index (κ2) is 2.21. The number of rotatable bonds is 1. The lowest BCUT2D eigenvalue weighted by atomic mass is 10.3. The van der Waals surface area contributed by atoms with Crippen LogP contribution in [0.2, 0.25) is 0 Å². The van der Waals surface area contributed by atoms with E-state index in [2.05, 4.69) is 12.2 Å². The Labute approximate surface area is 54.9 Å². The van der Waals surface area contributed by atoms with E-state index in [9.17, 15) is 4.79 Å². The molecule has 2 heteroatoms. The molecule has 0 aromatic heterocycles. The first-order valence-corrected chi connectivity index (χ1v) is 3.18. The summed E-state index contributed by atoms with van der Waals surface area (Å²) in [6.07, 6.45) is 2.93. The smallest absolute Gasteiger partial charge is 0.175 e. The van der Waals surface area contributed by atoms with Crippen LogP contribution in [0.15, 0.2) is 11.8 Å². The van der Waals surface area contributed by atoms with Crippen molar-refractivity contribution in [3.8, 4) is 0 Å². The second-order valence-corrected chi connectivity index (χ2v) is 2.46. The maximum atomic E-state index is 10.7. The number of allylic oxidation sites excluding steroid dienone is 1. The van der Waals surface area contributed by atoms with Gasteiger partial charge in [0.1, 0.15) is 0 Å². The van der Waals surface area contributed by atoms with Gasteiger partial charge in [-0.15, -0.1) is 0 Å². The number of carbonyl (C=O) groups excluding carboxylic acids is 1. The van der Waals surface area contributed by atoms with Gasteiger partial charge >= 0.3 is 0 Å². The first-order valence-electron chi connectivity index (χ1n) is 3.18. The lowest BCUT2D eigenvalue weighted by Gasteiger charge is -2.03. The zero-order valence-electron chi connectivity index (χ0n) is 5.77. The minimum Gasteiger partial charge on any atom is -0.380 e. The average Bonchev–Trinajstić information content (AvgIpc) is 2.14. The van der Waals surface area contributed by atoms with Crippen molar-refractivity contribution >= 4 is 5.78 Å². The van der Waals surface area contributed by atoms with E-state index < -0.39 is 0 Å². The Balaban J connectivity index is 2.55. The van der Waals surface area contributed by atoms with Gasteiger partial charge in [-0.1, -0.05) is 6.08 Å². The second-order valence-electron chi connectivity index (χ2n) is 2.46. The fourth-order valence-electron chi connectivity index (χ4n) is 0.923. The number of hydrogen-bond acceptors (Lipinski definition) is 2. The molecule has 0 amide bonds. The van der Waals surface area contributed by atoms with Gasteiger partial charge in [0.05, 0.1) is 5.70 Å². The first kappa shape index (κ1) is 6.33. The fraction of sp³-hybridized carbons (Fsp3) is 0.571. The van der Waals surface area contributed by atoms with Gasteiger partial charge in [0.25, 0.3) is 0 Å². The minimum absolute atomic E-state index is 0.138. The number of nitrogens with one attached hydrogen (secondary N) is 1. The summed E-state index contributed by atoms with van der Waals surface area (Å²) in [4.78, 5) is 10.7. The van der Waals surface area contributed by atoms with Crippen molar-refractivity contribution in [1.82, 2.24) is 5.32 Å². The van der Waals surface area contributed by atoms with Gasteiger partial charge in [-0.25, -0.2) is 0 Å². The van der Waals surface area contributed by atoms with E-state index in [1.807, 2.05) is 6.08 Å². The molecule has 0 spiro atoms. The molecule has 0 radical (unpaired) electrons. The Morgan fingerprint density at radius 3 is 2.78 bits per heavy atom. The van der Waals surface area contributed by atoms with Crippen LogP contribution in [0.5, 0.6) is 0 Å². The van der Waals surface area contributed by atoms with Crippen molar-refractivity contribution < 1.29 is 4.79 Å². The predicted molar refractivity (Wildman–Crippen MR) is 36.0 cm³/mol. The van der Waals surface area contributed by atoms with E-state index in [4.69, 9.17) is 0 Å². The Bertz CT molecular complexity index is 160. The number of carbonyl (C=O) groups is 1. The summed E-state index contributed by atoms with van der Waals surface area (Å²) >= 11 is 0. The molecule has 0 saturated carbocycles. The van der Waals surface area contributed by atoms with Crippen LogP contribution in [0, 0.1) is 0 Å². The molecule has 0 bridgehead atoms. The van der Waals surface area contributed by atoms with E-state index in [0.717, 1.165) is 12.1 Å². The summed E-state index contributed by atoms with van der Waals surface area (Å²) in [5, 5.41) is 3.06. The molecule has 2 nitrogen and oxygen atoms in total. The Hall–Kier alpha value is -0.790. The molecule has 0 aliphatic carbocycles. The van der Waals surface area contributed by atoms with E-state index in [1.165, 1.54) is 0 Å². The topological polar surface area (TPSA) is 29.1 Å². The molecule has 1 aliphatic heterocycles. The van der Waals surface area contributed by atoms with Crippen LogP contribution in [0.4, 0.5) is 0 Å². The number of hydrogen-bond donors (Lipinski definition) is 1. The summed E-state index contributed by atoms with van der Waals surface area (Å²) in [6.45, 7) is 3.64. The lowest BCUT2D eigenvalue weighted by Crippen LogP contribution is -2.21. The normalized spacial score (nSPS) is 25.1. The van der Waals surface area contributed by atoms with Crippen molar-refractivity contribution in [3.63, 3.8) is 0 Å². The molecule has 1 unspecified atom stereocenters. The summed E-state index contributed by atoms with van der Waals surface area (Å²) in [5.41, 5.74) is 0.780. The highest BCUT2D eigenvalue weighted by atomic mass is 16.1. The van der Waals surface area contributed by atoms with Crippen LogP contribution >= 0.6 is 0 Å². The molecule has 0 saturated heterocycles. The van der Waals surface area contributed by atoms with Gasteiger partial charge in [0.15, 0.2) is 5.78 Å². The van der Waals surface area contributed by atoms with Gasteiger partial charge < -0.3 is 5.32 Å². The Morgan fingerprint density at radius 1 is 1.89 bits per heavy atom. The highest BCUT2D eigenvalue weighted by molar-refractivity contribution is 5.93. The van der Waals surface area contributed by atoms with Crippen LogP contribution in [0.3, 0.4) is 0 Å². The minimum atomic E-state index is 0.138. The van der Waals surface area contributed by atoms with Gasteiger partial charge in [-0.2, -0.15) is 0 Å². The summed E-state index contributed by atoms with van der Waals surface area (Å²) < 4.78 is 0. The Morgan fingerprint density at radius 2 is 2.56 bits per heavy atom. The molecule has 0 fully saturated rings. The largest absolute Gasteiger partial charge is 0.380 e. The predicted octanol–water partition coefficient (Wildman–Crippen LogP) is 0.841. The molecule has 0 aromatic carbocycles. The van der Waals surface area contributed by atoms with E-state index in [1.54, 1.807) is 6.92 Å². The van der Waals surface area contributed by atoms with Crippen molar-refractivity contribution in [2.45, 2.75) is 26.3 Å². The monoisotopic (exact) mass is 125 g/mol. The molecule has 9 heavy (non-hydrogen) atoms. The number of ketones is 1. The van der Waals surface area contributed by atoms with Gasteiger partial charge in [0.2, 0.25) is 0 Å². The third-order valence-electron chi connectivity index (χ3n) is 1.46. The van der Waals surface area contributed by atoms with Gasteiger partial charge in [-0.3, -0.25) is 4.79 Å². The molecule has 1 heterocycles. The lowest BCUT2D eigenvalue weighted by molar-refractivity contribution is -0.113. The standard InChI is InChI=1S/C7H11NO/c1-5-3-4-7(8-5)6(2)9/h4-5,8H,3H2,1-2H3. The maximum Gasteiger partial charge on any atom is 0.175 e. The van der Waals surface area contributed by atoms with Crippen LogP contribution in [-0.2, 0) is 4.79 Å². The third kappa shape index (κ3) is 1.31. The van der Waals surface area contributed by atoms with Crippen molar-refractivity contribution in [3.05, 3.63) is 11.8 Å². The molecular formula is C7H11NO. The zero-order valence-corrected chi connectivity index (χ0v) is 5.77. The molecule has 1 atom stereocenters.